The Balaban J connectivity index is 1.04. The number of ether oxygens (including phenoxy) is 13. The maximum absolute atomic E-state index is 13.4. The summed E-state index contributed by atoms with van der Waals surface area (Å²) in [5.41, 5.74) is 18.9. The predicted molar refractivity (Wildman–Crippen MR) is 404 cm³/mol. The van der Waals surface area contributed by atoms with Crippen LogP contribution in [0.15, 0.2) is 260 Å². The normalized spacial score (nSPS) is 25.6. The van der Waals surface area contributed by atoms with E-state index in [9.17, 15) is 10.6 Å². The maximum atomic E-state index is 13.4. The van der Waals surface area contributed by atoms with Gasteiger partial charge < -0.3 is 71.1 Å². The molecule has 0 spiro atoms. The summed E-state index contributed by atoms with van der Waals surface area (Å²) in [6.45, 7) is 18.6. The smallest absolute Gasteiger partial charge is 0.200 e. The summed E-state index contributed by atoms with van der Waals surface area (Å²) in [6, 6.07) is 77.4. The zero-order valence-electron chi connectivity index (χ0n) is 61.1. The lowest BCUT2D eigenvalue weighted by Gasteiger charge is -2.52. The molecule has 2 heterocycles. The first kappa shape index (κ1) is 78.5. The molecule has 11 rings (SSSR count). The molecule has 16 atom stereocenters. The number of aliphatic hydroxyl groups excluding tert-OH is 1. The largest absolute Gasteiger partial charge is 0.413 e. The lowest BCUT2D eigenvalue weighted by molar-refractivity contribution is -0.372. The van der Waals surface area contributed by atoms with E-state index in [0.717, 1.165) is 44.5 Å². The van der Waals surface area contributed by atoms with E-state index < -0.39 is 106 Å². The van der Waals surface area contributed by atoms with Crippen molar-refractivity contribution in [2.24, 2.45) is 5.11 Å². The van der Waals surface area contributed by atoms with Crippen LogP contribution in [0.1, 0.15) is 86.1 Å². The summed E-state index contributed by atoms with van der Waals surface area (Å²) in [6.07, 6.45) is -15.4. The monoisotopic (exact) mass is 1450 g/mol. The molecular weight excluding hydrogens is 1340 g/mol. The first-order chi connectivity index (χ1) is 51.4. The Morgan fingerprint density at radius 1 is 0.381 bits per heavy atom. The third-order valence-electron chi connectivity index (χ3n) is 19.9. The second-order valence-electron chi connectivity index (χ2n) is 28.0. The summed E-state index contributed by atoms with van der Waals surface area (Å²) >= 11 is 0. The molecular formula is C86H103N3O15Si. The Labute approximate surface area is 620 Å². The van der Waals surface area contributed by atoms with E-state index in [1.54, 1.807) is 6.08 Å². The Morgan fingerprint density at radius 2 is 0.686 bits per heavy atom. The molecule has 0 radical (unpaired) electrons. The number of nitrogens with zero attached hydrogens (tertiary/aromatic N) is 3. The molecule has 19 heteroatoms. The maximum Gasteiger partial charge on any atom is 0.200 e. The molecule has 1 N–H and O–H groups in total. The molecule has 18 nitrogen and oxygen atoms in total. The van der Waals surface area contributed by atoms with Gasteiger partial charge in [-0.2, -0.15) is 0 Å². The first-order valence-corrected chi connectivity index (χ1v) is 39.0. The number of rotatable bonds is 39. The van der Waals surface area contributed by atoms with Crippen molar-refractivity contribution in [3.05, 3.63) is 310 Å². The van der Waals surface area contributed by atoms with E-state index in [1.807, 2.05) is 243 Å². The highest BCUT2D eigenvalue weighted by Crippen LogP contribution is 2.45. The van der Waals surface area contributed by atoms with E-state index in [0.29, 0.717) is 0 Å². The van der Waals surface area contributed by atoms with Gasteiger partial charge in [0.15, 0.2) is 20.9 Å². The van der Waals surface area contributed by atoms with E-state index >= 15 is 0 Å². The molecule has 3 fully saturated rings. The fourth-order valence-electron chi connectivity index (χ4n) is 14.9. The van der Waals surface area contributed by atoms with E-state index in [-0.39, 0.29) is 89.3 Å². The quantitative estimate of drug-likeness (QED) is 0.0125. The number of azide groups is 1. The van der Waals surface area contributed by atoms with Crippen molar-refractivity contribution < 1.29 is 71.1 Å². The molecule has 0 amide bonds. The zero-order valence-corrected chi connectivity index (χ0v) is 62.1. The number of hydrogen-bond acceptors (Lipinski definition) is 16. The molecule has 8 aromatic carbocycles. The second kappa shape index (κ2) is 40.4. The topological polar surface area (TPSA) is 198 Å². The van der Waals surface area contributed by atoms with Gasteiger partial charge in [-0.3, -0.25) is 0 Å². The average molecular weight is 1450 g/mol. The molecule has 2 saturated heterocycles. The van der Waals surface area contributed by atoms with Crippen LogP contribution in [0.25, 0.3) is 10.4 Å². The average Bonchev–Trinajstić information content (AvgIpc) is 0.757. The van der Waals surface area contributed by atoms with Crippen molar-refractivity contribution >= 4 is 8.32 Å². The van der Waals surface area contributed by atoms with Crippen LogP contribution in [-0.4, -0.2) is 131 Å². The summed E-state index contributed by atoms with van der Waals surface area (Å²) < 4.78 is 102. The van der Waals surface area contributed by atoms with Crippen molar-refractivity contribution in [2.75, 3.05) is 19.8 Å². The van der Waals surface area contributed by atoms with Crippen LogP contribution in [0, 0.1) is 0 Å². The van der Waals surface area contributed by atoms with E-state index in [1.165, 1.54) is 0 Å². The predicted octanol–water partition coefficient (Wildman–Crippen LogP) is 16.3. The van der Waals surface area contributed by atoms with Gasteiger partial charge in [0.1, 0.15) is 85.4 Å². The minimum Gasteiger partial charge on any atom is -0.413 e. The van der Waals surface area contributed by atoms with Crippen molar-refractivity contribution in [2.45, 2.75) is 209 Å². The van der Waals surface area contributed by atoms with E-state index in [4.69, 9.17) is 66.0 Å². The molecule has 2 aliphatic heterocycles. The Hall–Kier alpha value is -7.57. The summed E-state index contributed by atoms with van der Waals surface area (Å²) in [4.78, 5) is 3.55. The lowest BCUT2D eigenvalue weighted by Crippen LogP contribution is -2.69. The lowest BCUT2D eigenvalue weighted by atomic mass is 9.83. The van der Waals surface area contributed by atoms with Crippen molar-refractivity contribution in [1.29, 1.82) is 0 Å². The third kappa shape index (κ3) is 21.4. The standard InChI is InChI=1S/C86H103N3O15Si/c1-8-49-92-78-74(90)79(82(97-55-68-43-27-14-28-44-68)83(98-56-69-45-29-15-30-46-69)81(78)96-54-67-41-25-13-26-42-67)104-85-73(88-89-87)77(94-52-65-37-21-11-22-38-65)76(71(101-85)58-91-50-63-33-17-9-18-34-63)103-86-84(99-57-70-47-31-16-32-48-70)80(95-53-66-39-23-12-24-40-66)75(93-51-64-35-19-10-20-36-64)72(102-86)59-100-105(60(2)3,61(4)5)62(6)7/h8-48,60-62,71-86,90H,1,49-59H2,2-7H3/t71-,72-,73-,74+,75-,76-,77-,78-,79-,80+,81-,82+,83+,84+,85-,86-/m1/s1. The van der Waals surface area contributed by atoms with Crippen LogP contribution in [0.3, 0.4) is 0 Å². The van der Waals surface area contributed by atoms with Crippen LogP contribution in [0.4, 0.5) is 0 Å². The fraction of sp³-hybridized carbons (Fsp3) is 0.419. The first-order valence-electron chi connectivity index (χ1n) is 36.8. The Kier molecular flexibility index (Phi) is 30.2. The van der Waals surface area contributed by atoms with Gasteiger partial charge in [0.05, 0.1) is 72.7 Å². The van der Waals surface area contributed by atoms with E-state index in [2.05, 4.69) is 58.1 Å². The molecule has 8 aromatic rings. The molecule has 0 aromatic heterocycles. The third-order valence-corrected chi connectivity index (χ3v) is 26.0. The minimum absolute atomic E-state index is 0.00967. The number of benzene rings is 8. The molecule has 0 bridgehead atoms. The SMILES string of the molecule is C=CCO[C@@H]1[C@H](O)[C@@H](O[C@H]2O[C@H](COCc3ccccc3)[C@@H](O[C@H]3O[C@H](CO[Si](C(C)C)(C(C)C)C(C)C)[C@@H](OCc4ccccc4)[C@H](OCc4ccccc4)[C@@H]3OCc3ccccc3)[C@H](OCc3ccccc3)[C@H]2N=[N+]=[N-])[C@H](OCc2ccccc2)[C@@H](OCc2ccccc2)[C@@H]1OCc1ccccc1. The number of hydrogen-bond donors (Lipinski definition) is 1. The van der Waals surface area contributed by atoms with Gasteiger partial charge in [-0.15, -0.1) is 6.58 Å². The molecule has 3 aliphatic rings. The minimum atomic E-state index is -2.63. The van der Waals surface area contributed by atoms with Crippen LogP contribution >= 0.6 is 0 Å². The summed E-state index contributed by atoms with van der Waals surface area (Å²) in [5.74, 6) is 0. The summed E-state index contributed by atoms with van der Waals surface area (Å²) in [7, 11) is -2.63. The van der Waals surface area contributed by atoms with Crippen LogP contribution in [0.5, 0.6) is 0 Å². The van der Waals surface area contributed by atoms with Crippen molar-refractivity contribution in [3.63, 3.8) is 0 Å². The fourth-order valence-corrected chi connectivity index (χ4v) is 20.3. The highest BCUT2D eigenvalue weighted by Gasteiger charge is 2.59. The molecule has 0 unspecified atom stereocenters. The van der Waals surface area contributed by atoms with Crippen LogP contribution in [-0.2, 0) is 119 Å². The van der Waals surface area contributed by atoms with Crippen LogP contribution in [0.2, 0.25) is 16.6 Å². The van der Waals surface area contributed by atoms with Gasteiger partial charge in [-0.1, -0.05) is 295 Å². The zero-order chi connectivity index (χ0) is 73.2. The highest BCUT2D eigenvalue weighted by atomic mass is 28.4. The van der Waals surface area contributed by atoms with Gasteiger partial charge in [0, 0.05) is 4.91 Å². The van der Waals surface area contributed by atoms with Crippen molar-refractivity contribution in [3.8, 4) is 0 Å². The Morgan fingerprint density at radius 3 is 1.06 bits per heavy atom. The molecule has 556 valence electrons. The van der Waals surface area contributed by atoms with Crippen molar-refractivity contribution in [1.82, 2.24) is 0 Å². The van der Waals surface area contributed by atoms with Gasteiger partial charge in [-0.05, 0) is 66.7 Å². The summed E-state index contributed by atoms with van der Waals surface area (Å²) in [5, 5.41) is 18.0. The molecule has 105 heavy (non-hydrogen) atoms. The van der Waals surface area contributed by atoms with Gasteiger partial charge in [0.2, 0.25) is 0 Å². The Bertz CT molecular complexity index is 3780. The molecule has 1 aliphatic carbocycles. The van der Waals surface area contributed by atoms with Gasteiger partial charge >= 0.3 is 0 Å². The van der Waals surface area contributed by atoms with Gasteiger partial charge in [0.25, 0.3) is 0 Å². The van der Waals surface area contributed by atoms with Crippen LogP contribution < -0.4 is 0 Å². The highest BCUT2D eigenvalue weighted by molar-refractivity contribution is 6.77. The van der Waals surface area contributed by atoms with Gasteiger partial charge in [-0.25, -0.2) is 0 Å². The molecule has 1 saturated carbocycles. The number of aliphatic hydroxyl groups is 1. The second-order valence-corrected chi connectivity index (χ2v) is 33.5.